The molecule has 0 aliphatic carbocycles. The van der Waals surface area contributed by atoms with Gasteiger partial charge in [0.05, 0.1) is 5.69 Å². The number of amides is 2. The number of nitrogens with two attached hydrogens (primary N) is 1. The molecule has 0 unspecified atom stereocenters. The zero-order chi connectivity index (χ0) is 17.8. The third-order valence-electron chi connectivity index (χ3n) is 3.72. The van der Waals surface area contributed by atoms with Gasteiger partial charge in [-0.3, -0.25) is 14.9 Å². The highest BCUT2D eigenvalue weighted by Gasteiger charge is 2.13. The molecule has 7 heteroatoms. The van der Waals surface area contributed by atoms with Gasteiger partial charge in [-0.1, -0.05) is 36.4 Å². The number of primary amides is 1. The predicted octanol–water partition coefficient (Wildman–Crippen LogP) is 3.23. The molecule has 0 spiro atoms. The molecule has 0 saturated carbocycles. The van der Waals surface area contributed by atoms with Crippen LogP contribution in [0, 0.1) is 6.92 Å². The highest BCUT2D eigenvalue weighted by atomic mass is 35.5. The van der Waals surface area contributed by atoms with E-state index in [-0.39, 0.29) is 23.9 Å². The van der Waals surface area contributed by atoms with Gasteiger partial charge in [0.2, 0.25) is 11.9 Å². The lowest BCUT2D eigenvalue weighted by Crippen LogP contribution is -2.18. The number of carbonyl (C=O) groups excluding carboxylic acids is 2. The first-order valence-electron chi connectivity index (χ1n) is 7.65. The van der Waals surface area contributed by atoms with Crippen molar-refractivity contribution in [2.75, 3.05) is 5.32 Å². The summed E-state index contributed by atoms with van der Waals surface area (Å²) in [6.45, 7) is 1.78. The molecule has 3 aromatic rings. The highest BCUT2D eigenvalue weighted by Crippen LogP contribution is 2.18. The Morgan fingerprint density at radius 1 is 1.04 bits per heavy atom. The van der Waals surface area contributed by atoms with Crippen LogP contribution in [0.3, 0.4) is 0 Å². The molecule has 3 rings (SSSR count). The lowest BCUT2D eigenvalue weighted by atomic mass is 10.0. The van der Waals surface area contributed by atoms with E-state index in [0.29, 0.717) is 11.3 Å². The minimum absolute atomic E-state index is 0. The summed E-state index contributed by atoms with van der Waals surface area (Å²) in [7, 11) is 0. The quantitative estimate of drug-likeness (QED) is 0.738. The second-order valence-electron chi connectivity index (χ2n) is 5.48. The SMILES string of the molecule is Cc1ccc(C(N)=O)cc1C(=O)Nc1nccc(-c2ccccc2)n1.Cl. The molecule has 2 aromatic carbocycles. The average Bonchev–Trinajstić information content (AvgIpc) is 2.62. The maximum absolute atomic E-state index is 12.5. The van der Waals surface area contributed by atoms with Gasteiger partial charge in [-0.05, 0) is 30.7 Å². The molecule has 0 bridgehead atoms. The molecule has 6 nitrogen and oxygen atoms in total. The van der Waals surface area contributed by atoms with Crippen molar-refractivity contribution in [2.24, 2.45) is 5.73 Å². The first-order valence-corrected chi connectivity index (χ1v) is 7.65. The third kappa shape index (κ3) is 4.23. The van der Waals surface area contributed by atoms with Crippen LogP contribution in [0.4, 0.5) is 5.95 Å². The number of rotatable bonds is 4. The largest absolute Gasteiger partial charge is 0.366 e. The molecule has 0 atom stereocenters. The van der Waals surface area contributed by atoms with Crippen LogP contribution in [0.25, 0.3) is 11.3 Å². The second kappa shape index (κ2) is 8.22. The fraction of sp³-hybridized carbons (Fsp3) is 0.0526. The Hall–Kier alpha value is -3.25. The van der Waals surface area contributed by atoms with Gasteiger partial charge in [0.25, 0.3) is 5.91 Å². The molecule has 0 fully saturated rings. The van der Waals surface area contributed by atoms with Crippen LogP contribution in [0.15, 0.2) is 60.8 Å². The van der Waals surface area contributed by atoms with Gasteiger partial charge in [0.1, 0.15) is 0 Å². The van der Waals surface area contributed by atoms with Crippen molar-refractivity contribution < 1.29 is 9.59 Å². The Kier molecular flexibility index (Phi) is 6.03. The Balaban J connectivity index is 0.00000243. The Bertz CT molecular complexity index is 945. The molecule has 0 saturated heterocycles. The van der Waals surface area contributed by atoms with E-state index in [2.05, 4.69) is 15.3 Å². The topological polar surface area (TPSA) is 98.0 Å². The Morgan fingerprint density at radius 2 is 1.77 bits per heavy atom. The summed E-state index contributed by atoms with van der Waals surface area (Å²) in [6, 6.07) is 16.1. The molecular weight excluding hydrogens is 352 g/mol. The first-order chi connectivity index (χ1) is 12.0. The molecule has 1 aromatic heterocycles. The summed E-state index contributed by atoms with van der Waals surface area (Å²) >= 11 is 0. The van der Waals surface area contributed by atoms with E-state index >= 15 is 0 Å². The van der Waals surface area contributed by atoms with E-state index in [1.165, 1.54) is 6.07 Å². The number of halogens is 1. The first kappa shape index (κ1) is 19.1. The average molecular weight is 369 g/mol. The lowest BCUT2D eigenvalue weighted by Gasteiger charge is -2.09. The van der Waals surface area contributed by atoms with Gasteiger partial charge in [0, 0.05) is 22.9 Å². The van der Waals surface area contributed by atoms with E-state index in [0.717, 1.165) is 11.1 Å². The van der Waals surface area contributed by atoms with E-state index in [1.807, 2.05) is 30.3 Å². The maximum atomic E-state index is 12.5. The molecule has 3 N–H and O–H groups in total. The zero-order valence-corrected chi connectivity index (χ0v) is 14.8. The molecule has 132 valence electrons. The van der Waals surface area contributed by atoms with Crippen molar-refractivity contribution in [1.82, 2.24) is 9.97 Å². The van der Waals surface area contributed by atoms with Crippen LogP contribution in [0.5, 0.6) is 0 Å². The van der Waals surface area contributed by atoms with Gasteiger partial charge < -0.3 is 5.73 Å². The normalized spacial score (nSPS) is 9.88. The Labute approximate surface area is 156 Å². The number of benzene rings is 2. The summed E-state index contributed by atoms with van der Waals surface area (Å²) in [5.41, 5.74) is 8.25. The van der Waals surface area contributed by atoms with Crippen molar-refractivity contribution in [3.05, 3.63) is 77.5 Å². The molecule has 0 radical (unpaired) electrons. The molecule has 26 heavy (non-hydrogen) atoms. The van der Waals surface area contributed by atoms with Gasteiger partial charge in [0.15, 0.2) is 0 Å². The van der Waals surface area contributed by atoms with Crippen molar-refractivity contribution in [3.63, 3.8) is 0 Å². The van der Waals surface area contributed by atoms with Gasteiger partial charge in [-0.2, -0.15) is 0 Å². The van der Waals surface area contributed by atoms with Crippen LogP contribution in [0.1, 0.15) is 26.3 Å². The number of carbonyl (C=O) groups is 2. The van der Waals surface area contributed by atoms with Crippen LogP contribution in [-0.4, -0.2) is 21.8 Å². The van der Waals surface area contributed by atoms with Crippen LogP contribution >= 0.6 is 12.4 Å². The smallest absolute Gasteiger partial charge is 0.258 e. The van der Waals surface area contributed by atoms with Crippen LogP contribution in [-0.2, 0) is 0 Å². The van der Waals surface area contributed by atoms with Crippen molar-refractivity contribution in [1.29, 1.82) is 0 Å². The number of nitrogens with zero attached hydrogens (tertiary/aromatic N) is 2. The predicted molar refractivity (Wildman–Crippen MR) is 102 cm³/mol. The molecule has 0 aliphatic rings. The molecule has 2 amide bonds. The number of nitrogens with one attached hydrogen (secondary N) is 1. The maximum Gasteiger partial charge on any atom is 0.258 e. The second-order valence-corrected chi connectivity index (χ2v) is 5.48. The minimum atomic E-state index is -0.587. The summed E-state index contributed by atoms with van der Waals surface area (Å²) in [5, 5.41) is 2.66. The van der Waals surface area contributed by atoms with Gasteiger partial charge in [-0.15, -0.1) is 12.4 Å². The summed E-state index contributed by atoms with van der Waals surface area (Å²) in [5.74, 6) is -0.794. The monoisotopic (exact) mass is 368 g/mol. The van der Waals surface area contributed by atoms with E-state index in [4.69, 9.17) is 5.73 Å². The van der Waals surface area contributed by atoms with Crippen LogP contribution < -0.4 is 11.1 Å². The number of aryl methyl sites for hydroxylation is 1. The van der Waals surface area contributed by atoms with Crippen molar-refractivity contribution in [2.45, 2.75) is 6.92 Å². The van der Waals surface area contributed by atoms with Crippen molar-refractivity contribution in [3.8, 4) is 11.3 Å². The fourth-order valence-electron chi connectivity index (χ4n) is 2.38. The van der Waals surface area contributed by atoms with E-state index < -0.39 is 11.8 Å². The summed E-state index contributed by atoms with van der Waals surface area (Å²) < 4.78 is 0. The number of hydrogen-bond donors (Lipinski definition) is 2. The number of anilines is 1. The number of aromatic nitrogens is 2. The van der Waals surface area contributed by atoms with Gasteiger partial charge in [-0.25, -0.2) is 9.97 Å². The zero-order valence-electron chi connectivity index (χ0n) is 14.0. The van der Waals surface area contributed by atoms with E-state index in [1.54, 1.807) is 31.3 Å². The minimum Gasteiger partial charge on any atom is -0.366 e. The summed E-state index contributed by atoms with van der Waals surface area (Å²) in [6.07, 6.45) is 1.58. The summed E-state index contributed by atoms with van der Waals surface area (Å²) in [4.78, 5) is 32.3. The third-order valence-corrected chi connectivity index (χ3v) is 3.72. The number of hydrogen-bond acceptors (Lipinski definition) is 4. The Morgan fingerprint density at radius 3 is 2.46 bits per heavy atom. The highest BCUT2D eigenvalue weighted by molar-refractivity contribution is 6.06. The molecule has 0 aliphatic heterocycles. The molecular formula is C19H17ClN4O2. The van der Waals surface area contributed by atoms with Crippen molar-refractivity contribution >= 4 is 30.2 Å². The van der Waals surface area contributed by atoms with E-state index in [9.17, 15) is 9.59 Å². The van der Waals surface area contributed by atoms with Gasteiger partial charge >= 0.3 is 0 Å². The fourth-order valence-corrected chi connectivity index (χ4v) is 2.38. The lowest BCUT2D eigenvalue weighted by molar-refractivity contribution is 0.1000. The van der Waals surface area contributed by atoms with Crippen LogP contribution in [0.2, 0.25) is 0 Å². The standard InChI is InChI=1S/C19H16N4O2.ClH/c1-12-7-8-14(17(20)24)11-15(12)18(25)23-19-21-10-9-16(22-19)13-5-3-2-4-6-13;/h2-11H,1H3,(H2,20,24)(H,21,22,23,25);1H. The molecule has 1 heterocycles.